The van der Waals surface area contributed by atoms with Crippen molar-refractivity contribution in [2.75, 3.05) is 11.4 Å². The highest BCUT2D eigenvalue weighted by Gasteiger charge is 2.26. The van der Waals surface area contributed by atoms with Gasteiger partial charge in [-0.05, 0) is 25.2 Å². The zero-order valence-electron chi connectivity index (χ0n) is 12.8. The van der Waals surface area contributed by atoms with E-state index in [1.54, 1.807) is 5.38 Å². The molecule has 2 rings (SSSR count). The van der Waals surface area contributed by atoms with Gasteiger partial charge in [0, 0.05) is 18.0 Å². The number of rotatable bonds is 7. The van der Waals surface area contributed by atoms with Crippen LogP contribution in [-0.2, 0) is 4.79 Å². The molecule has 1 heterocycles. The third-order valence-corrected chi connectivity index (χ3v) is 4.95. The standard InChI is InChI=1S/C15H25N3O2S/c1-10(2)7-8-18(11-5-3-4-6-11)15-17-12(9-21-15)13(16)14(19)20/h9-11,13H,3-8,16H2,1-2H3,(H,19,20). The Morgan fingerprint density at radius 2 is 2.19 bits per heavy atom. The topological polar surface area (TPSA) is 79.5 Å². The number of carboxylic acid groups (broad SMARTS) is 1. The zero-order chi connectivity index (χ0) is 15.4. The Bertz CT molecular complexity index is 469. The van der Waals surface area contributed by atoms with Crippen molar-refractivity contribution in [3.05, 3.63) is 11.1 Å². The van der Waals surface area contributed by atoms with Gasteiger partial charge >= 0.3 is 5.97 Å². The van der Waals surface area contributed by atoms with Crippen LogP contribution < -0.4 is 10.6 Å². The van der Waals surface area contributed by atoms with Gasteiger partial charge in [0.05, 0.1) is 5.69 Å². The van der Waals surface area contributed by atoms with E-state index in [9.17, 15) is 4.79 Å². The average molecular weight is 311 g/mol. The van der Waals surface area contributed by atoms with Gasteiger partial charge in [-0.1, -0.05) is 26.7 Å². The van der Waals surface area contributed by atoms with E-state index in [0.717, 1.165) is 18.1 Å². The van der Waals surface area contributed by atoms with Crippen molar-refractivity contribution in [2.45, 2.75) is 58.0 Å². The highest BCUT2D eigenvalue weighted by atomic mass is 32.1. The molecular weight excluding hydrogens is 286 g/mol. The van der Waals surface area contributed by atoms with Gasteiger partial charge in [0.25, 0.3) is 0 Å². The van der Waals surface area contributed by atoms with E-state index >= 15 is 0 Å². The lowest BCUT2D eigenvalue weighted by atomic mass is 10.1. The molecule has 0 saturated heterocycles. The fourth-order valence-corrected chi connectivity index (χ4v) is 3.68. The van der Waals surface area contributed by atoms with Gasteiger partial charge in [-0.25, -0.2) is 4.98 Å². The monoisotopic (exact) mass is 311 g/mol. The largest absolute Gasteiger partial charge is 0.480 e. The lowest BCUT2D eigenvalue weighted by Gasteiger charge is -2.29. The third kappa shape index (κ3) is 4.17. The van der Waals surface area contributed by atoms with E-state index in [4.69, 9.17) is 10.8 Å². The number of hydrogen-bond donors (Lipinski definition) is 2. The van der Waals surface area contributed by atoms with Gasteiger partial charge in [0.1, 0.15) is 6.04 Å². The van der Waals surface area contributed by atoms with Crippen LogP contribution in [0, 0.1) is 5.92 Å². The van der Waals surface area contributed by atoms with Crippen molar-refractivity contribution in [3.8, 4) is 0 Å². The number of carbonyl (C=O) groups is 1. The molecule has 6 heteroatoms. The summed E-state index contributed by atoms with van der Waals surface area (Å²) >= 11 is 1.51. The van der Waals surface area contributed by atoms with E-state index in [-0.39, 0.29) is 0 Å². The Hall–Kier alpha value is -1.14. The van der Waals surface area contributed by atoms with Gasteiger partial charge in [-0.3, -0.25) is 4.79 Å². The first-order valence-corrected chi connectivity index (χ1v) is 8.57. The van der Waals surface area contributed by atoms with Crippen LogP contribution in [0.4, 0.5) is 5.13 Å². The quantitative estimate of drug-likeness (QED) is 0.809. The molecular formula is C15H25N3O2S. The van der Waals surface area contributed by atoms with Crippen molar-refractivity contribution in [3.63, 3.8) is 0 Å². The minimum Gasteiger partial charge on any atom is -0.480 e. The summed E-state index contributed by atoms with van der Waals surface area (Å²) in [5, 5.41) is 11.7. The second-order valence-corrected chi connectivity index (χ2v) is 7.02. The summed E-state index contributed by atoms with van der Waals surface area (Å²) in [5.74, 6) is -0.379. The molecule has 1 unspecified atom stereocenters. The molecule has 0 spiro atoms. The minimum atomic E-state index is -1.03. The molecule has 1 aliphatic rings. The molecule has 1 aliphatic carbocycles. The van der Waals surface area contributed by atoms with E-state index in [1.807, 2.05) is 0 Å². The molecule has 118 valence electrons. The number of thiazole rings is 1. The third-order valence-electron chi connectivity index (χ3n) is 4.05. The van der Waals surface area contributed by atoms with Crippen LogP contribution in [0.1, 0.15) is 57.7 Å². The van der Waals surface area contributed by atoms with Gasteiger partial charge in [0.15, 0.2) is 5.13 Å². The number of hydrogen-bond acceptors (Lipinski definition) is 5. The smallest absolute Gasteiger partial charge is 0.326 e. The van der Waals surface area contributed by atoms with Crippen LogP contribution in [0.3, 0.4) is 0 Å². The van der Waals surface area contributed by atoms with Gasteiger partial charge in [-0.15, -0.1) is 11.3 Å². The molecule has 3 N–H and O–H groups in total. The van der Waals surface area contributed by atoms with E-state index in [0.29, 0.717) is 17.7 Å². The first-order valence-electron chi connectivity index (χ1n) is 7.69. The predicted molar refractivity (Wildman–Crippen MR) is 85.7 cm³/mol. The summed E-state index contributed by atoms with van der Waals surface area (Å²) in [6.07, 6.45) is 6.08. The van der Waals surface area contributed by atoms with Crippen LogP contribution >= 0.6 is 11.3 Å². The summed E-state index contributed by atoms with van der Waals surface area (Å²) in [6, 6.07) is -0.477. The van der Waals surface area contributed by atoms with Crippen LogP contribution in [0.5, 0.6) is 0 Å². The summed E-state index contributed by atoms with van der Waals surface area (Å²) in [4.78, 5) is 17.8. The number of carboxylic acids is 1. The zero-order valence-corrected chi connectivity index (χ0v) is 13.6. The molecule has 5 nitrogen and oxygen atoms in total. The number of nitrogens with zero attached hydrogens (tertiary/aromatic N) is 2. The Kier molecular flexibility index (Phi) is 5.58. The predicted octanol–water partition coefficient (Wildman–Crippen LogP) is 3.02. The summed E-state index contributed by atoms with van der Waals surface area (Å²) in [6.45, 7) is 5.43. The van der Waals surface area contributed by atoms with Crippen molar-refractivity contribution in [1.29, 1.82) is 0 Å². The molecule has 1 atom stereocenters. The molecule has 1 aromatic heterocycles. The summed E-state index contributed by atoms with van der Waals surface area (Å²) in [7, 11) is 0. The van der Waals surface area contributed by atoms with Gasteiger partial charge in [-0.2, -0.15) is 0 Å². The molecule has 0 aliphatic heterocycles. The van der Waals surface area contributed by atoms with Crippen molar-refractivity contribution < 1.29 is 9.90 Å². The second-order valence-electron chi connectivity index (χ2n) is 6.19. The first kappa shape index (κ1) is 16.2. The van der Waals surface area contributed by atoms with E-state index in [1.165, 1.54) is 37.0 Å². The SMILES string of the molecule is CC(C)CCN(c1nc(C(N)C(=O)O)cs1)C1CCCC1. The normalized spacial score (nSPS) is 17.3. The molecule has 21 heavy (non-hydrogen) atoms. The van der Waals surface area contributed by atoms with Gasteiger partial charge < -0.3 is 15.7 Å². The van der Waals surface area contributed by atoms with E-state index in [2.05, 4.69) is 23.7 Å². The highest BCUT2D eigenvalue weighted by Crippen LogP contribution is 2.32. The highest BCUT2D eigenvalue weighted by molar-refractivity contribution is 7.13. The molecule has 0 bridgehead atoms. The van der Waals surface area contributed by atoms with Crippen molar-refractivity contribution in [2.24, 2.45) is 11.7 Å². The minimum absolute atomic E-state index is 0.468. The van der Waals surface area contributed by atoms with Crippen LogP contribution in [0.25, 0.3) is 0 Å². The summed E-state index contributed by atoms with van der Waals surface area (Å²) < 4.78 is 0. The number of aliphatic carboxylic acids is 1. The number of aromatic nitrogens is 1. The molecule has 0 amide bonds. The summed E-state index contributed by atoms with van der Waals surface area (Å²) in [5.41, 5.74) is 6.12. The Morgan fingerprint density at radius 1 is 1.52 bits per heavy atom. The molecule has 1 fully saturated rings. The molecule has 0 radical (unpaired) electrons. The fourth-order valence-electron chi connectivity index (χ4n) is 2.73. The van der Waals surface area contributed by atoms with Crippen LogP contribution in [-0.4, -0.2) is 28.6 Å². The molecule has 0 aromatic carbocycles. The fraction of sp³-hybridized carbons (Fsp3) is 0.733. The van der Waals surface area contributed by atoms with Crippen molar-refractivity contribution >= 4 is 22.4 Å². The maximum Gasteiger partial charge on any atom is 0.326 e. The number of nitrogens with two attached hydrogens (primary N) is 1. The second kappa shape index (κ2) is 7.22. The Morgan fingerprint density at radius 3 is 2.76 bits per heavy atom. The average Bonchev–Trinajstić information content (AvgIpc) is 3.09. The maximum absolute atomic E-state index is 11.0. The van der Waals surface area contributed by atoms with E-state index < -0.39 is 12.0 Å². The lowest BCUT2D eigenvalue weighted by Crippen LogP contribution is -2.34. The first-order chi connectivity index (χ1) is 9.99. The Labute approximate surface area is 130 Å². The lowest BCUT2D eigenvalue weighted by molar-refractivity contribution is -0.138. The van der Waals surface area contributed by atoms with Crippen molar-refractivity contribution in [1.82, 2.24) is 4.98 Å². The van der Waals surface area contributed by atoms with Gasteiger partial charge in [0.2, 0.25) is 0 Å². The molecule has 1 saturated carbocycles. The number of anilines is 1. The molecule has 1 aromatic rings. The maximum atomic E-state index is 11.0. The van der Waals surface area contributed by atoms with Crippen LogP contribution in [0.15, 0.2) is 5.38 Å². The van der Waals surface area contributed by atoms with Crippen LogP contribution in [0.2, 0.25) is 0 Å². The Balaban J connectivity index is 2.13.